The summed E-state index contributed by atoms with van der Waals surface area (Å²) in [7, 11) is 0. The van der Waals surface area contributed by atoms with Crippen LogP contribution in [0.15, 0.2) is 68.5 Å². The standard InChI is InChI=1S/C24H20ClN5O4/c1-2-11-29(12-19-27-28-23(34-19)15-7-3-5-9-17(15)25)20(31)13-30-14-26-21-16-8-4-6-10-18(16)33-22(21)24(30)32/h3-10,14H,2,11-13H2,1H3. The highest BCUT2D eigenvalue weighted by Gasteiger charge is 2.20. The molecule has 0 bridgehead atoms. The number of fused-ring (bicyclic) bond motifs is 3. The van der Waals surface area contributed by atoms with Gasteiger partial charge in [0.15, 0.2) is 0 Å². The van der Waals surface area contributed by atoms with Crippen molar-refractivity contribution in [2.45, 2.75) is 26.4 Å². The summed E-state index contributed by atoms with van der Waals surface area (Å²) in [6, 6.07) is 14.4. The second kappa shape index (κ2) is 9.11. The lowest BCUT2D eigenvalue weighted by Gasteiger charge is -2.20. The molecule has 3 aromatic heterocycles. The van der Waals surface area contributed by atoms with Gasteiger partial charge < -0.3 is 13.7 Å². The molecule has 5 aromatic rings. The minimum Gasteiger partial charge on any atom is -0.448 e. The molecule has 0 aliphatic carbocycles. The van der Waals surface area contributed by atoms with Gasteiger partial charge in [-0.3, -0.25) is 14.2 Å². The maximum Gasteiger partial charge on any atom is 0.297 e. The van der Waals surface area contributed by atoms with E-state index in [2.05, 4.69) is 15.2 Å². The van der Waals surface area contributed by atoms with Crippen LogP contribution < -0.4 is 5.56 Å². The molecule has 0 radical (unpaired) electrons. The van der Waals surface area contributed by atoms with Crippen molar-refractivity contribution in [3.8, 4) is 11.5 Å². The number of benzene rings is 2. The molecule has 0 atom stereocenters. The summed E-state index contributed by atoms with van der Waals surface area (Å²) in [5.41, 5.74) is 1.38. The lowest BCUT2D eigenvalue weighted by Crippen LogP contribution is -2.36. The molecule has 0 saturated heterocycles. The van der Waals surface area contributed by atoms with Crippen LogP contribution in [0.25, 0.3) is 33.5 Å². The molecule has 10 heteroatoms. The van der Waals surface area contributed by atoms with Crippen molar-refractivity contribution in [2.75, 3.05) is 6.54 Å². The van der Waals surface area contributed by atoms with Gasteiger partial charge in [0.2, 0.25) is 23.3 Å². The Morgan fingerprint density at radius 2 is 1.88 bits per heavy atom. The molecule has 9 nitrogen and oxygen atoms in total. The Bertz CT molecular complexity index is 1550. The van der Waals surface area contributed by atoms with Crippen LogP contribution in [0.5, 0.6) is 0 Å². The van der Waals surface area contributed by atoms with Gasteiger partial charge in [0.25, 0.3) is 5.56 Å². The summed E-state index contributed by atoms with van der Waals surface area (Å²) in [5, 5.41) is 9.37. The first-order chi connectivity index (χ1) is 16.5. The fourth-order valence-corrected chi connectivity index (χ4v) is 3.98. The van der Waals surface area contributed by atoms with Crippen LogP contribution >= 0.6 is 11.6 Å². The monoisotopic (exact) mass is 477 g/mol. The van der Waals surface area contributed by atoms with E-state index in [-0.39, 0.29) is 36.4 Å². The van der Waals surface area contributed by atoms with Crippen molar-refractivity contribution in [2.24, 2.45) is 0 Å². The van der Waals surface area contributed by atoms with Crippen molar-refractivity contribution in [3.05, 3.63) is 76.1 Å². The quantitative estimate of drug-likeness (QED) is 0.344. The normalized spacial score (nSPS) is 11.4. The van der Waals surface area contributed by atoms with Gasteiger partial charge in [-0.15, -0.1) is 10.2 Å². The van der Waals surface area contributed by atoms with E-state index in [4.69, 9.17) is 20.4 Å². The van der Waals surface area contributed by atoms with Crippen LogP contribution in [0.3, 0.4) is 0 Å². The number of carbonyl (C=O) groups excluding carboxylic acids is 1. The van der Waals surface area contributed by atoms with Crippen molar-refractivity contribution < 1.29 is 13.6 Å². The largest absolute Gasteiger partial charge is 0.448 e. The van der Waals surface area contributed by atoms with E-state index < -0.39 is 5.56 Å². The van der Waals surface area contributed by atoms with Gasteiger partial charge in [0, 0.05) is 11.9 Å². The zero-order valence-electron chi connectivity index (χ0n) is 18.3. The number of para-hydroxylation sites is 1. The number of halogens is 1. The van der Waals surface area contributed by atoms with Crippen LogP contribution in [0.2, 0.25) is 5.02 Å². The molecule has 5 rings (SSSR count). The van der Waals surface area contributed by atoms with Gasteiger partial charge >= 0.3 is 0 Å². The number of aromatic nitrogens is 4. The molecule has 0 fully saturated rings. The van der Waals surface area contributed by atoms with E-state index in [0.29, 0.717) is 34.7 Å². The molecule has 0 saturated carbocycles. The Hall–Kier alpha value is -3.98. The van der Waals surface area contributed by atoms with Crippen molar-refractivity contribution in [1.29, 1.82) is 0 Å². The Balaban J connectivity index is 1.38. The predicted molar refractivity (Wildman–Crippen MR) is 126 cm³/mol. The predicted octanol–water partition coefficient (Wildman–Crippen LogP) is 4.28. The lowest BCUT2D eigenvalue weighted by atomic mass is 10.2. The summed E-state index contributed by atoms with van der Waals surface area (Å²) in [6.07, 6.45) is 2.09. The number of rotatable bonds is 7. The fraction of sp³-hybridized carbons (Fsp3) is 0.208. The molecular formula is C24H20ClN5O4. The number of hydrogen-bond donors (Lipinski definition) is 0. The third-order valence-corrected chi connectivity index (χ3v) is 5.73. The molecular weight excluding hydrogens is 458 g/mol. The molecule has 0 spiro atoms. The molecule has 172 valence electrons. The van der Waals surface area contributed by atoms with Crippen LogP contribution in [-0.4, -0.2) is 37.1 Å². The Kier molecular flexibility index (Phi) is 5.85. The number of furan rings is 1. The zero-order chi connectivity index (χ0) is 23.7. The molecule has 0 aliphatic rings. The molecule has 2 aromatic carbocycles. The average molecular weight is 478 g/mol. The smallest absolute Gasteiger partial charge is 0.297 e. The third-order valence-electron chi connectivity index (χ3n) is 5.40. The number of amides is 1. The second-order valence-electron chi connectivity index (χ2n) is 7.75. The van der Waals surface area contributed by atoms with Gasteiger partial charge in [-0.05, 0) is 30.7 Å². The van der Waals surface area contributed by atoms with Gasteiger partial charge in [-0.25, -0.2) is 4.98 Å². The minimum atomic E-state index is -0.412. The number of carbonyl (C=O) groups is 1. The highest BCUT2D eigenvalue weighted by atomic mass is 35.5. The van der Waals surface area contributed by atoms with Crippen molar-refractivity contribution >= 4 is 39.6 Å². The first-order valence-electron chi connectivity index (χ1n) is 10.8. The molecule has 34 heavy (non-hydrogen) atoms. The van der Waals surface area contributed by atoms with Crippen LogP contribution in [0, 0.1) is 0 Å². The molecule has 0 aliphatic heterocycles. The first kappa shape index (κ1) is 21.8. The van der Waals surface area contributed by atoms with E-state index in [1.807, 2.05) is 37.3 Å². The fourth-order valence-electron chi connectivity index (χ4n) is 3.76. The van der Waals surface area contributed by atoms with Gasteiger partial charge in [-0.2, -0.15) is 0 Å². The van der Waals surface area contributed by atoms with Gasteiger partial charge in [0.05, 0.1) is 23.5 Å². The maximum absolute atomic E-state index is 13.1. The number of nitrogens with zero attached hydrogens (tertiary/aromatic N) is 5. The minimum absolute atomic E-state index is 0.110. The van der Waals surface area contributed by atoms with E-state index in [1.54, 1.807) is 23.1 Å². The first-order valence-corrected chi connectivity index (χ1v) is 11.1. The summed E-state index contributed by atoms with van der Waals surface area (Å²) in [5.74, 6) is 0.272. The van der Waals surface area contributed by atoms with E-state index in [9.17, 15) is 9.59 Å². The zero-order valence-corrected chi connectivity index (χ0v) is 19.0. The summed E-state index contributed by atoms with van der Waals surface area (Å²) in [6.45, 7) is 2.33. The third kappa shape index (κ3) is 4.06. The Labute approximate surface area is 198 Å². The Morgan fingerprint density at radius 3 is 2.71 bits per heavy atom. The Morgan fingerprint density at radius 1 is 1.09 bits per heavy atom. The van der Waals surface area contributed by atoms with Crippen LogP contribution in [0.1, 0.15) is 19.2 Å². The van der Waals surface area contributed by atoms with Crippen molar-refractivity contribution in [3.63, 3.8) is 0 Å². The summed E-state index contributed by atoms with van der Waals surface area (Å²) < 4.78 is 12.7. The number of hydrogen-bond acceptors (Lipinski definition) is 7. The molecule has 0 unspecified atom stereocenters. The van der Waals surface area contributed by atoms with Gasteiger partial charge in [0.1, 0.15) is 17.6 Å². The average Bonchev–Trinajstić information content (AvgIpc) is 3.46. The SMILES string of the molecule is CCCN(Cc1nnc(-c2ccccc2Cl)o1)C(=O)Cn1cnc2c(oc3ccccc32)c1=O. The van der Waals surface area contributed by atoms with Gasteiger partial charge in [-0.1, -0.05) is 42.8 Å². The lowest BCUT2D eigenvalue weighted by molar-refractivity contribution is -0.132. The van der Waals surface area contributed by atoms with E-state index >= 15 is 0 Å². The highest BCUT2D eigenvalue weighted by molar-refractivity contribution is 6.33. The molecule has 1 amide bonds. The second-order valence-corrected chi connectivity index (χ2v) is 8.16. The summed E-state index contributed by atoms with van der Waals surface area (Å²) >= 11 is 6.21. The topological polar surface area (TPSA) is 107 Å². The summed E-state index contributed by atoms with van der Waals surface area (Å²) in [4.78, 5) is 32.0. The van der Waals surface area contributed by atoms with Crippen LogP contribution in [-0.2, 0) is 17.9 Å². The molecule has 3 heterocycles. The van der Waals surface area contributed by atoms with E-state index in [1.165, 1.54) is 10.9 Å². The van der Waals surface area contributed by atoms with Crippen molar-refractivity contribution in [1.82, 2.24) is 24.6 Å². The maximum atomic E-state index is 13.1. The molecule has 0 N–H and O–H groups in total. The van der Waals surface area contributed by atoms with E-state index in [0.717, 1.165) is 5.39 Å². The highest BCUT2D eigenvalue weighted by Crippen LogP contribution is 2.27. The van der Waals surface area contributed by atoms with Crippen LogP contribution in [0.4, 0.5) is 0 Å².